The van der Waals surface area contributed by atoms with Crippen molar-refractivity contribution in [3.8, 4) is 0 Å². The Hall–Kier alpha value is -1.12. The first kappa shape index (κ1) is 16.3. The second-order valence-corrected chi connectivity index (χ2v) is 7.85. The zero-order valence-electron chi connectivity index (χ0n) is 12.1. The van der Waals surface area contributed by atoms with E-state index in [-0.39, 0.29) is 18.4 Å². The van der Waals surface area contributed by atoms with Crippen molar-refractivity contribution in [3.05, 3.63) is 18.3 Å². The molecule has 2 heterocycles. The highest BCUT2D eigenvalue weighted by atomic mass is 32.2. The van der Waals surface area contributed by atoms with Crippen LogP contribution in [0.1, 0.15) is 12.8 Å². The van der Waals surface area contributed by atoms with Crippen molar-refractivity contribution >= 4 is 33.4 Å². The molecule has 0 radical (unpaired) electrons. The van der Waals surface area contributed by atoms with E-state index < -0.39 is 10.0 Å². The van der Waals surface area contributed by atoms with Crippen molar-refractivity contribution in [2.24, 2.45) is 5.92 Å². The van der Waals surface area contributed by atoms with Gasteiger partial charge in [-0.3, -0.25) is 4.79 Å². The van der Waals surface area contributed by atoms with Crippen LogP contribution in [-0.4, -0.2) is 49.2 Å². The van der Waals surface area contributed by atoms with Gasteiger partial charge in [-0.2, -0.15) is 0 Å². The number of carbonyl (C=O) groups is 1. The fourth-order valence-electron chi connectivity index (χ4n) is 2.28. The highest BCUT2D eigenvalue weighted by Gasteiger charge is 2.30. The van der Waals surface area contributed by atoms with E-state index in [4.69, 9.17) is 0 Å². The molecule has 1 aromatic rings. The Bertz CT molecular complexity index is 602. The summed E-state index contributed by atoms with van der Waals surface area (Å²) in [6.07, 6.45) is 6.13. The van der Waals surface area contributed by atoms with Gasteiger partial charge in [0.15, 0.2) is 0 Å². The SMILES string of the molecule is CSc1ccc(NC(=O)C2CCCN(S(C)(=O)=O)C2)cn1. The summed E-state index contributed by atoms with van der Waals surface area (Å²) in [5.74, 6) is -0.462. The van der Waals surface area contributed by atoms with Crippen LogP contribution in [0.5, 0.6) is 0 Å². The summed E-state index contributed by atoms with van der Waals surface area (Å²) in [6, 6.07) is 3.64. The number of hydrogen-bond donors (Lipinski definition) is 1. The first-order chi connectivity index (χ1) is 9.90. The van der Waals surface area contributed by atoms with Crippen LogP contribution in [-0.2, 0) is 14.8 Å². The molecule has 0 aromatic carbocycles. The number of aromatic nitrogens is 1. The summed E-state index contributed by atoms with van der Waals surface area (Å²) < 4.78 is 24.5. The molecule has 8 heteroatoms. The molecule has 6 nitrogen and oxygen atoms in total. The number of rotatable bonds is 4. The van der Waals surface area contributed by atoms with Crippen molar-refractivity contribution in [1.29, 1.82) is 0 Å². The lowest BCUT2D eigenvalue weighted by Gasteiger charge is -2.30. The average Bonchev–Trinajstić information content (AvgIpc) is 2.47. The third-order valence-electron chi connectivity index (χ3n) is 3.44. The lowest BCUT2D eigenvalue weighted by Crippen LogP contribution is -2.43. The van der Waals surface area contributed by atoms with Gasteiger partial charge in [0.05, 0.1) is 29.1 Å². The second kappa shape index (κ2) is 6.76. The van der Waals surface area contributed by atoms with Crippen molar-refractivity contribution in [3.63, 3.8) is 0 Å². The fraction of sp³-hybridized carbons (Fsp3) is 0.538. The fourth-order valence-corrected chi connectivity index (χ4v) is 3.55. The molecule has 1 aliphatic heterocycles. The molecule has 0 saturated carbocycles. The van der Waals surface area contributed by atoms with E-state index in [2.05, 4.69) is 10.3 Å². The molecule has 2 rings (SSSR count). The minimum atomic E-state index is -3.24. The maximum atomic E-state index is 12.2. The quantitative estimate of drug-likeness (QED) is 0.845. The molecule has 21 heavy (non-hydrogen) atoms. The Morgan fingerprint density at radius 3 is 2.81 bits per heavy atom. The van der Waals surface area contributed by atoms with Crippen LogP contribution in [0.3, 0.4) is 0 Å². The molecule has 1 amide bonds. The number of amides is 1. The summed E-state index contributed by atoms with van der Waals surface area (Å²) in [5.41, 5.74) is 0.634. The van der Waals surface area contributed by atoms with Gasteiger partial charge < -0.3 is 5.32 Å². The Balaban J connectivity index is 1.99. The highest BCUT2D eigenvalue weighted by molar-refractivity contribution is 7.98. The zero-order chi connectivity index (χ0) is 15.5. The number of sulfonamides is 1. The molecule has 1 fully saturated rings. The molecule has 1 aromatic heterocycles. The summed E-state index contributed by atoms with van der Waals surface area (Å²) in [6.45, 7) is 0.744. The molecule has 0 spiro atoms. The number of anilines is 1. The monoisotopic (exact) mass is 329 g/mol. The minimum absolute atomic E-state index is 0.151. The number of nitrogens with zero attached hydrogens (tertiary/aromatic N) is 2. The van der Waals surface area contributed by atoms with E-state index >= 15 is 0 Å². The molecule has 116 valence electrons. The summed E-state index contributed by atoms with van der Waals surface area (Å²) in [7, 11) is -3.24. The van der Waals surface area contributed by atoms with E-state index in [1.165, 1.54) is 22.3 Å². The van der Waals surface area contributed by atoms with E-state index in [1.807, 2.05) is 12.3 Å². The zero-order valence-corrected chi connectivity index (χ0v) is 13.7. The molecular formula is C13H19N3O3S2. The van der Waals surface area contributed by atoms with Gasteiger partial charge in [0.25, 0.3) is 0 Å². The molecule has 0 bridgehead atoms. The van der Waals surface area contributed by atoms with Gasteiger partial charge in [-0.15, -0.1) is 11.8 Å². The molecule has 0 aliphatic carbocycles. The first-order valence-corrected chi connectivity index (χ1v) is 9.73. The van der Waals surface area contributed by atoms with Crippen LogP contribution >= 0.6 is 11.8 Å². The van der Waals surface area contributed by atoms with Gasteiger partial charge in [0.1, 0.15) is 0 Å². The van der Waals surface area contributed by atoms with Gasteiger partial charge in [-0.05, 0) is 31.2 Å². The van der Waals surface area contributed by atoms with Crippen LogP contribution in [0.15, 0.2) is 23.4 Å². The van der Waals surface area contributed by atoms with Crippen molar-refractivity contribution in [1.82, 2.24) is 9.29 Å². The van der Waals surface area contributed by atoms with E-state index in [9.17, 15) is 13.2 Å². The summed E-state index contributed by atoms with van der Waals surface area (Å²) in [5, 5.41) is 3.69. The Morgan fingerprint density at radius 1 is 1.48 bits per heavy atom. The third-order valence-corrected chi connectivity index (χ3v) is 5.37. The first-order valence-electron chi connectivity index (χ1n) is 6.66. The number of nitrogens with one attached hydrogen (secondary N) is 1. The minimum Gasteiger partial charge on any atom is -0.324 e. The normalized spacial score (nSPS) is 20.2. The largest absolute Gasteiger partial charge is 0.324 e. The summed E-state index contributed by atoms with van der Waals surface area (Å²) >= 11 is 1.53. The van der Waals surface area contributed by atoms with Crippen LogP contribution in [0.25, 0.3) is 0 Å². The second-order valence-electron chi connectivity index (χ2n) is 5.04. The van der Waals surface area contributed by atoms with Crippen LogP contribution in [0, 0.1) is 5.92 Å². The summed E-state index contributed by atoms with van der Waals surface area (Å²) in [4.78, 5) is 16.4. The standard InChI is InChI=1S/C13H19N3O3S2/c1-20-12-6-5-11(8-14-12)15-13(17)10-4-3-7-16(9-10)21(2,18)19/h5-6,8,10H,3-4,7,9H2,1-2H3,(H,15,17). The number of piperidine rings is 1. The number of carbonyl (C=O) groups excluding carboxylic acids is 1. The molecule has 1 saturated heterocycles. The van der Waals surface area contributed by atoms with Crippen LogP contribution in [0.4, 0.5) is 5.69 Å². The smallest absolute Gasteiger partial charge is 0.228 e. The predicted molar refractivity (Wildman–Crippen MR) is 83.8 cm³/mol. The maximum Gasteiger partial charge on any atom is 0.228 e. The molecule has 1 aliphatic rings. The van der Waals surface area contributed by atoms with Gasteiger partial charge in [-0.25, -0.2) is 17.7 Å². The lowest BCUT2D eigenvalue weighted by atomic mass is 9.99. The number of hydrogen-bond acceptors (Lipinski definition) is 5. The van der Waals surface area contributed by atoms with Gasteiger partial charge in [-0.1, -0.05) is 0 Å². The highest BCUT2D eigenvalue weighted by Crippen LogP contribution is 2.21. The average molecular weight is 329 g/mol. The lowest BCUT2D eigenvalue weighted by molar-refractivity contribution is -0.120. The van der Waals surface area contributed by atoms with Crippen molar-refractivity contribution in [2.45, 2.75) is 17.9 Å². The van der Waals surface area contributed by atoms with Gasteiger partial charge in [0.2, 0.25) is 15.9 Å². The van der Waals surface area contributed by atoms with E-state index in [0.717, 1.165) is 5.03 Å². The van der Waals surface area contributed by atoms with E-state index in [0.29, 0.717) is 25.1 Å². The van der Waals surface area contributed by atoms with Crippen LogP contribution < -0.4 is 5.32 Å². The van der Waals surface area contributed by atoms with Crippen LogP contribution in [0.2, 0.25) is 0 Å². The molecule has 1 N–H and O–H groups in total. The Morgan fingerprint density at radius 2 is 2.24 bits per heavy atom. The van der Waals surface area contributed by atoms with Gasteiger partial charge >= 0.3 is 0 Å². The maximum absolute atomic E-state index is 12.2. The van der Waals surface area contributed by atoms with E-state index in [1.54, 1.807) is 12.3 Å². The third kappa shape index (κ3) is 4.42. The number of thioether (sulfide) groups is 1. The Labute approximate surface area is 129 Å². The van der Waals surface area contributed by atoms with Gasteiger partial charge in [0, 0.05) is 13.1 Å². The topological polar surface area (TPSA) is 79.4 Å². The Kier molecular flexibility index (Phi) is 5.23. The molecular weight excluding hydrogens is 310 g/mol. The van der Waals surface area contributed by atoms with Crippen molar-refractivity contribution in [2.75, 3.05) is 30.9 Å². The molecule has 1 atom stereocenters. The predicted octanol–water partition coefficient (Wildman–Crippen LogP) is 1.41. The number of pyridine rings is 1. The van der Waals surface area contributed by atoms with Crippen molar-refractivity contribution < 1.29 is 13.2 Å². The molecule has 1 unspecified atom stereocenters.